The van der Waals surface area contributed by atoms with E-state index in [1.54, 1.807) is 6.92 Å². The zero-order valence-electron chi connectivity index (χ0n) is 7.43. The van der Waals surface area contributed by atoms with E-state index in [0.29, 0.717) is 5.69 Å². The van der Waals surface area contributed by atoms with Crippen molar-refractivity contribution in [1.82, 2.24) is 4.98 Å². The second kappa shape index (κ2) is 3.83. The minimum absolute atomic E-state index is 0.0191. The average Bonchev–Trinajstić information content (AvgIpc) is 2.06. The van der Waals surface area contributed by atoms with Crippen molar-refractivity contribution in [3.63, 3.8) is 0 Å². The van der Waals surface area contributed by atoms with E-state index in [1.165, 1.54) is 6.07 Å². The fraction of sp³-hybridized carbons (Fsp3) is 0.375. The molecule has 0 aliphatic rings. The highest BCUT2D eigenvalue weighted by Crippen LogP contribution is 2.25. The van der Waals surface area contributed by atoms with Crippen LogP contribution in [0.5, 0.6) is 5.75 Å². The topological polar surface area (TPSA) is 48.1 Å². The van der Waals surface area contributed by atoms with Gasteiger partial charge in [0.05, 0.1) is 6.20 Å². The van der Waals surface area contributed by atoms with Crippen LogP contribution in [0.2, 0.25) is 0 Å². The first-order valence-corrected chi connectivity index (χ1v) is 3.83. The van der Waals surface area contributed by atoms with E-state index < -0.39 is 6.36 Å². The van der Waals surface area contributed by atoms with Crippen molar-refractivity contribution in [2.24, 2.45) is 5.73 Å². The van der Waals surface area contributed by atoms with Gasteiger partial charge in [0, 0.05) is 17.8 Å². The first kappa shape index (κ1) is 10.8. The van der Waals surface area contributed by atoms with Crippen LogP contribution in [0.15, 0.2) is 12.3 Å². The Balaban J connectivity index is 2.97. The smallest absolute Gasteiger partial charge is 0.404 e. The summed E-state index contributed by atoms with van der Waals surface area (Å²) in [4.78, 5) is 3.69. The van der Waals surface area contributed by atoms with Crippen LogP contribution in [0.25, 0.3) is 0 Å². The van der Waals surface area contributed by atoms with Gasteiger partial charge >= 0.3 is 6.36 Å². The lowest BCUT2D eigenvalue weighted by molar-refractivity contribution is -0.275. The Morgan fingerprint density at radius 2 is 2.14 bits per heavy atom. The Kier molecular flexibility index (Phi) is 2.95. The number of alkyl halides is 3. The van der Waals surface area contributed by atoms with Crippen molar-refractivity contribution in [3.05, 3.63) is 23.5 Å². The molecule has 0 radical (unpaired) electrons. The van der Waals surface area contributed by atoms with Gasteiger partial charge in [-0.15, -0.1) is 13.2 Å². The lowest BCUT2D eigenvalue weighted by atomic mass is 10.2. The van der Waals surface area contributed by atoms with Gasteiger partial charge in [-0.1, -0.05) is 0 Å². The van der Waals surface area contributed by atoms with Crippen LogP contribution in [0.1, 0.15) is 11.3 Å². The lowest BCUT2D eigenvalue weighted by Crippen LogP contribution is -2.19. The van der Waals surface area contributed by atoms with Gasteiger partial charge in [0.15, 0.2) is 5.75 Å². The van der Waals surface area contributed by atoms with Crippen molar-refractivity contribution in [2.45, 2.75) is 19.8 Å². The van der Waals surface area contributed by atoms with Crippen LogP contribution in [0, 0.1) is 6.92 Å². The zero-order valence-corrected chi connectivity index (χ0v) is 7.43. The Morgan fingerprint density at radius 1 is 1.50 bits per heavy atom. The van der Waals surface area contributed by atoms with Crippen molar-refractivity contribution >= 4 is 0 Å². The number of nitrogens with two attached hydrogens (primary N) is 1. The van der Waals surface area contributed by atoms with Crippen molar-refractivity contribution in [2.75, 3.05) is 0 Å². The summed E-state index contributed by atoms with van der Waals surface area (Å²) in [6, 6.07) is 1.46. The molecule has 6 heteroatoms. The molecule has 0 unspecified atom stereocenters. The fourth-order valence-electron chi connectivity index (χ4n) is 0.980. The molecular formula is C8H9F3N2O. The molecule has 0 spiro atoms. The molecule has 0 bridgehead atoms. The Morgan fingerprint density at radius 3 is 2.64 bits per heavy atom. The van der Waals surface area contributed by atoms with Gasteiger partial charge in [-0.25, -0.2) is 0 Å². The molecule has 1 rings (SSSR count). The van der Waals surface area contributed by atoms with Gasteiger partial charge in [-0.2, -0.15) is 0 Å². The number of halogens is 3. The van der Waals surface area contributed by atoms with Crippen LogP contribution in [-0.4, -0.2) is 11.3 Å². The summed E-state index contributed by atoms with van der Waals surface area (Å²) in [7, 11) is 0. The zero-order chi connectivity index (χ0) is 10.8. The highest BCUT2D eigenvalue weighted by molar-refractivity contribution is 5.32. The normalized spacial score (nSPS) is 11.5. The molecule has 2 N–H and O–H groups in total. The van der Waals surface area contributed by atoms with Crippen LogP contribution in [-0.2, 0) is 6.54 Å². The second-order valence-electron chi connectivity index (χ2n) is 2.69. The van der Waals surface area contributed by atoms with E-state index in [9.17, 15) is 13.2 Å². The summed E-state index contributed by atoms with van der Waals surface area (Å²) in [5, 5.41) is 0. The summed E-state index contributed by atoms with van der Waals surface area (Å²) in [6.45, 7) is 1.64. The van der Waals surface area contributed by atoms with Crippen molar-refractivity contribution < 1.29 is 17.9 Å². The van der Waals surface area contributed by atoms with Gasteiger partial charge < -0.3 is 10.5 Å². The molecule has 0 fully saturated rings. The summed E-state index contributed by atoms with van der Waals surface area (Å²) in [5.74, 6) is -0.342. The van der Waals surface area contributed by atoms with E-state index >= 15 is 0 Å². The van der Waals surface area contributed by atoms with Crippen molar-refractivity contribution in [1.29, 1.82) is 0 Å². The molecular weight excluding hydrogens is 197 g/mol. The number of pyridine rings is 1. The lowest BCUT2D eigenvalue weighted by Gasteiger charge is -2.11. The fourth-order valence-corrected chi connectivity index (χ4v) is 0.980. The number of aromatic nitrogens is 1. The maximum atomic E-state index is 11.9. The van der Waals surface area contributed by atoms with Gasteiger partial charge in [-0.05, 0) is 13.0 Å². The van der Waals surface area contributed by atoms with Crippen LogP contribution >= 0.6 is 0 Å². The maximum Gasteiger partial charge on any atom is 0.573 e. The van der Waals surface area contributed by atoms with E-state index in [0.717, 1.165) is 6.20 Å². The Hall–Kier alpha value is -1.30. The first-order valence-electron chi connectivity index (χ1n) is 3.83. The Labute approximate surface area is 78.7 Å². The van der Waals surface area contributed by atoms with Gasteiger partial charge in [0.2, 0.25) is 0 Å². The van der Waals surface area contributed by atoms with Crippen LogP contribution < -0.4 is 10.5 Å². The third kappa shape index (κ3) is 2.88. The first-order chi connectivity index (χ1) is 6.42. The molecule has 14 heavy (non-hydrogen) atoms. The van der Waals surface area contributed by atoms with E-state index in [-0.39, 0.29) is 17.9 Å². The molecule has 0 amide bonds. The molecule has 0 saturated carbocycles. The van der Waals surface area contributed by atoms with E-state index in [1.807, 2.05) is 0 Å². The number of ether oxygens (including phenoxy) is 1. The molecule has 0 aliphatic carbocycles. The predicted molar refractivity (Wildman–Crippen MR) is 43.5 cm³/mol. The van der Waals surface area contributed by atoms with E-state index in [2.05, 4.69) is 9.72 Å². The quantitative estimate of drug-likeness (QED) is 0.801. The average molecular weight is 206 g/mol. The van der Waals surface area contributed by atoms with Crippen LogP contribution in [0.4, 0.5) is 13.2 Å². The SMILES string of the molecule is Cc1cc(CN)c(OC(F)(F)F)cn1. The number of hydrogen-bond donors (Lipinski definition) is 1. The van der Waals surface area contributed by atoms with Gasteiger partial charge in [-0.3, -0.25) is 4.98 Å². The summed E-state index contributed by atoms with van der Waals surface area (Å²) in [5.41, 5.74) is 6.15. The minimum Gasteiger partial charge on any atom is -0.404 e. The largest absolute Gasteiger partial charge is 0.573 e. The molecule has 0 saturated heterocycles. The summed E-state index contributed by atoms with van der Waals surface area (Å²) in [6.07, 6.45) is -3.69. The minimum atomic E-state index is -4.71. The number of rotatable bonds is 2. The van der Waals surface area contributed by atoms with E-state index in [4.69, 9.17) is 5.73 Å². The predicted octanol–water partition coefficient (Wildman–Crippen LogP) is 1.75. The monoisotopic (exact) mass is 206 g/mol. The van der Waals surface area contributed by atoms with Gasteiger partial charge in [0.1, 0.15) is 0 Å². The molecule has 78 valence electrons. The molecule has 3 nitrogen and oxygen atoms in total. The molecule has 1 heterocycles. The standard InChI is InChI=1S/C8H9F3N2O/c1-5-2-6(3-12)7(4-13-5)14-8(9,10)11/h2,4H,3,12H2,1H3. The third-order valence-corrected chi connectivity index (χ3v) is 1.53. The van der Waals surface area contributed by atoms with Crippen LogP contribution in [0.3, 0.4) is 0 Å². The molecule has 0 aliphatic heterocycles. The second-order valence-corrected chi connectivity index (χ2v) is 2.69. The molecule has 0 aromatic carbocycles. The maximum absolute atomic E-state index is 11.9. The van der Waals surface area contributed by atoms with Gasteiger partial charge in [0.25, 0.3) is 0 Å². The highest BCUT2D eigenvalue weighted by Gasteiger charge is 2.32. The summed E-state index contributed by atoms with van der Waals surface area (Å²) >= 11 is 0. The number of hydrogen-bond acceptors (Lipinski definition) is 3. The molecule has 1 aromatic heterocycles. The molecule has 1 aromatic rings. The number of nitrogens with zero attached hydrogens (tertiary/aromatic N) is 1. The van der Waals surface area contributed by atoms with Crippen molar-refractivity contribution in [3.8, 4) is 5.75 Å². The highest BCUT2D eigenvalue weighted by atomic mass is 19.4. The number of aryl methyl sites for hydroxylation is 1. The molecule has 0 atom stereocenters. The Bertz CT molecular complexity index is 325. The third-order valence-electron chi connectivity index (χ3n) is 1.53. The summed E-state index contributed by atoms with van der Waals surface area (Å²) < 4.78 is 39.3.